The fraction of sp³-hybridized carbons (Fsp3) is 0.524. The van der Waals surface area contributed by atoms with Gasteiger partial charge in [-0.25, -0.2) is 4.79 Å². The minimum Gasteiger partial charge on any atom is -0.452 e. The number of nitrogens with zero attached hydrogens (tertiary/aromatic N) is 2. The Morgan fingerprint density at radius 3 is 2.57 bits per heavy atom. The molecular weight excluding hydrogens is 360 g/mol. The Labute approximate surface area is 164 Å². The normalized spacial score (nSPS) is 25.7. The molecule has 2 fully saturated rings. The number of amides is 1. The standard InChI is InChI=1S/C21H26N2O5/c1-20(2)10-17-11-21(3,13-20)14-22(17)18(24)12-28-19(25)9-6-15-4-7-16(8-5-15)23(26)27/h4-9,17H,10-14H2,1-3H3/b9-6+/t17-,21-/m1/s1. The molecule has 0 spiro atoms. The van der Waals surface area contributed by atoms with Gasteiger partial charge < -0.3 is 9.64 Å². The molecule has 0 radical (unpaired) electrons. The lowest BCUT2D eigenvalue weighted by Crippen LogP contribution is -2.39. The molecule has 2 atom stereocenters. The van der Waals surface area contributed by atoms with Gasteiger partial charge in [0.05, 0.1) is 4.92 Å². The van der Waals surface area contributed by atoms with Crippen molar-refractivity contribution < 1.29 is 19.2 Å². The third-order valence-corrected chi connectivity index (χ3v) is 5.59. The van der Waals surface area contributed by atoms with E-state index in [-0.39, 0.29) is 35.1 Å². The quantitative estimate of drug-likeness (QED) is 0.334. The SMILES string of the molecule is CC1(C)C[C@@H]2C[C@@](C)(CN2C(=O)COC(=O)/C=C/c2ccc([N+](=O)[O-])cc2)C1. The van der Waals surface area contributed by atoms with E-state index in [0.717, 1.165) is 25.8 Å². The van der Waals surface area contributed by atoms with Crippen molar-refractivity contribution >= 4 is 23.6 Å². The lowest BCUT2D eigenvalue weighted by Gasteiger charge is -2.39. The molecule has 28 heavy (non-hydrogen) atoms. The van der Waals surface area contributed by atoms with Crippen LogP contribution in [0.3, 0.4) is 0 Å². The van der Waals surface area contributed by atoms with E-state index in [4.69, 9.17) is 4.74 Å². The summed E-state index contributed by atoms with van der Waals surface area (Å²) < 4.78 is 5.11. The number of hydrogen-bond acceptors (Lipinski definition) is 5. The van der Waals surface area contributed by atoms with Gasteiger partial charge in [-0.15, -0.1) is 0 Å². The molecule has 1 saturated carbocycles. The maximum Gasteiger partial charge on any atom is 0.331 e. The third kappa shape index (κ3) is 4.58. The molecule has 7 heteroatoms. The highest BCUT2D eigenvalue weighted by Crippen LogP contribution is 2.52. The van der Waals surface area contributed by atoms with Gasteiger partial charge in [0.1, 0.15) is 0 Å². The number of fused-ring (bicyclic) bond motifs is 2. The summed E-state index contributed by atoms with van der Waals surface area (Å²) in [4.78, 5) is 36.5. The summed E-state index contributed by atoms with van der Waals surface area (Å²) in [7, 11) is 0. The molecule has 150 valence electrons. The number of esters is 1. The van der Waals surface area contributed by atoms with Crippen molar-refractivity contribution in [2.75, 3.05) is 13.2 Å². The monoisotopic (exact) mass is 386 g/mol. The summed E-state index contributed by atoms with van der Waals surface area (Å²) >= 11 is 0. The molecule has 2 aliphatic rings. The zero-order valence-corrected chi connectivity index (χ0v) is 16.5. The van der Waals surface area contributed by atoms with E-state index in [2.05, 4.69) is 20.8 Å². The molecule has 1 aliphatic heterocycles. The summed E-state index contributed by atoms with van der Waals surface area (Å²) in [6.07, 6.45) is 5.81. The minimum atomic E-state index is -0.611. The molecule has 1 aromatic rings. The maximum absolute atomic E-state index is 12.6. The number of nitro groups is 1. The molecular formula is C21H26N2O5. The second-order valence-electron chi connectivity index (χ2n) is 9.03. The lowest BCUT2D eigenvalue weighted by atomic mass is 9.65. The van der Waals surface area contributed by atoms with E-state index in [9.17, 15) is 19.7 Å². The molecule has 1 aromatic carbocycles. The number of carbonyl (C=O) groups excluding carboxylic acids is 2. The smallest absolute Gasteiger partial charge is 0.331 e. The van der Waals surface area contributed by atoms with Crippen LogP contribution in [0.4, 0.5) is 5.69 Å². The van der Waals surface area contributed by atoms with Crippen molar-refractivity contribution in [1.29, 1.82) is 0 Å². The summed E-state index contributed by atoms with van der Waals surface area (Å²) in [5, 5.41) is 10.6. The van der Waals surface area contributed by atoms with Crippen molar-refractivity contribution in [3.63, 3.8) is 0 Å². The van der Waals surface area contributed by atoms with Crippen LogP contribution in [0, 0.1) is 20.9 Å². The fourth-order valence-electron chi connectivity index (χ4n) is 4.89. The van der Waals surface area contributed by atoms with Crippen molar-refractivity contribution in [2.45, 2.75) is 46.1 Å². The number of carbonyl (C=O) groups is 2. The highest BCUT2D eigenvalue weighted by atomic mass is 16.6. The summed E-state index contributed by atoms with van der Waals surface area (Å²) in [5.41, 5.74) is 0.981. The summed E-state index contributed by atoms with van der Waals surface area (Å²) in [5.74, 6) is -0.760. The average molecular weight is 386 g/mol. The van der Waals surface area contributed by atoms with Gasteiger partial charge in [0, 0.05) is 30.8 Å². The molecule has 7 nitrogen and oxygen atoms in total. The van der Waals surface area contributed by atoms with Gasteiger partial charge in [-0.05, 0) is 53.9 Å². The Morgan fingerprint density at radius 2 is 1.93 bits per heavy atom. The largest absolute Gasteiger partial charge is 0.452 e. The van der Waals surface area contributed by atoms with Gasteiger partial charge >= 0.3 is 5.97 Å². The number of hydrogen-bond donors (Lipinski definition) is 0. The van der Waals surface area contributed by atoms with E-state index >= 15 is 0 Å². The minimum absolute atomic E-state index is 0.0157. The van der Waals surface area contributed by atoms with Crippen LogP contribution in [0.1, 0.15) is 45.6 Å². The second kappa shape index (κ2) is 7.37. The molecule has 1 heterocycles. The topological polar surface area (TPSA) is 89.8 Å². The molecule has 1 amide bonds. The molecule has 0 aromatic heterocycles. The van der Waals surface area contributed by atoms with Gasteiger partial charge in [-0.1, -0.05) is 20.8 Å². The number of non-ortho nitro benzene ring substituents is 1. The van der Waals surface area contributed by atoms with Crippen LogP contribution in [0.5, 0.6) is 0 Å². The average Bonchev–Trinajstić information content (AvgIpc) is 2.87. The van der Waals surface area contributed by atoms with Crippen LogP contribution in [-0.2, 0) is 14.3 Å². The third-order valence-electron chi connectivity index (χ3n) is 5.59. The van der Waals surface area contributed by atoms with Gasteiger partial charge in [-0.3, -0.25) is 14.9 Å². The molecule has 1 aliphatic carbocycles. The predicted octanol–water partition coefficient (Wildman–Crippen LogP) is 3.58. The Morgan fingerprint density at radius 1 is 1.25 bits per heavy atom. The number of benzene rings is 1. The van der Waals surface area contributed by atoms with E-state index in [1.165, 1.54) is 24.3 Å². The number of likely N-dealkylation sites (tertiary alicyclic amines) is 1. The molecule has 0 N–H and O–H groups in total. The zero-order valence-electron chi connectivity index (χ0n) is 16.5. The maximum atomic E-state index is 12.6. The van der Waals surface area contributed by atoms with Crippen LogP contribution in [0.2, 0.25) is 0 Å². The fourth-order valence-corrected chi connectivity index (χ4v) is 4.89. The number of rotatable bonds is 5. The van der Waals surface area contributed by atoms with Crippen LogP contribution < -0.4 is 0 Å². The first-order chi connectivity index (χ1) is 13.1. The van der Waals surface area contributed by atoms with Gasteiger partial charge in [0.25, 0.3) is 11.6 Å². The van der Waals surface area contributed by atoms with Gasteiger partial charge in [-0.2, -0.15) is 0 Å². The van der Waals surface area contributed by atoms with Gasteiger partial charge in [0.2, 0.25) is 0 Å². The van der Waals surface area contributed by atoms with Crippen LogP contribution >= 0.6 is 0 Å². The summed E-state index contributed by atoms with van der Waals surface area (Å²) in [6.45, 7) is 7.17. The van der Waals surface area contributed by atoms with Crippen LogP contribution in [0.15, 0.2) is 30.3 Å². The number of ether oxygens (including phenoxy) is 1. The highest BCUT2D eigenvalue weighted by Gasteiger charge is 2.50. The van der Waals surface area contributed by atoms with Crippen molar-refractivity contribution in [1.82, 2.24) is 4.90 Å². The summed E-state index contributed by atoms with van der Waals surface area (Å²) in [6, 6.07) is 6.03. The van der Waals surface area contributed by atoms with Crippen molar-refractivity contribution in [3.8, 4) is 0 Å². The van der Waals surface area contributed by atoms with Crippen LogP contribution in [0.25, 0.3) is 6.08 Å². The Hall–Kier alpha value is -2.70. The molecule has 3 rings (SSSR count). The Kier molecular flexibility index (Phi) is 5.28. The zero-order chi connectivity index (χ0) is 20.5. The van der Waals surface area contributed by atoms with E-state index < -0.39 is 10.9 Å². The molecule has 0 unspecified atom stereocenters. The predicted molar refractivity (Wildman–Crippen MR) is 104 cm³/mol. The molecule has 2 bridgehead atoms. The second-order valence-corrected chi connectivity index (χ2v) is 9.03. The van der Waals surface area contributed by atoms with Crippen molar-refractivity contribution in [2.24, 2.45) is 10.8 Å². The van der Waals surface area contributed by atoms with E-state index in [1.807, 2.05) is 4.90 Å². The number of nitro benzene ring substituents is 1. The van der Waals surface area contributed by atoms with E-state index in [0.29, 0.717) is 5.56 Å². The first-order valence-electron chi connectivity index (χ1n) is 9.46. The lowest BCUT2D eigenvalue weighted by molar-refractivity contribution is -0.384. The first kappa shape index (κ1) is 20.0. The Balaban J connectivity index is 1.52. The van der Waals surface area contributed by atoms with Crippen LogP contribution in [-0.4, -0.2) is 40.9 Å². The van der Waals surface area contributed by atoms with E-state index in [1.54, 1.807) is 12.1 Å². The first-order valence-corrected chi connectivity index (χ1v) is 9.46. The molecule has 1 saturated heterocycles. The highest BCUT2D eigenvalue weighted by molar-refractivity contribution is 5.89. The Bertz CT molecular complexity index is 815. The van der Waals surface area contributed by atoms with Crippen molar-refractivity contribution in [3.05, 3.63) is 46.0 Å². The van der Waals surface area contributed by atoms with Gasteiger partial charge in [0.15, 0.2) is 6.61 Å².